The molecule has 78 valence electrons. The van der Waals surface area contributed by atoms with Crippen LogP contribution in [0.3, 0.4) is 0 Å². The van der Waals surface area contributed by atoms with Gasteiger partial charge in [-0.3, -0.25) is 0 Å². The van der Waals surface area contributed by atoms with E-state index >= 15 is 0 Å². The van der Waals surface area contributed by atoms with Crippen LogP contribution in [0.25, 0.3) is 0 Å². The number of rotatable bonds is 6. The number of benzene rings is 1. The van der Waals surface area contributed by atoms with Gasteiger partial charge in [-0.1, -0.05) is 29.8 Å². The molecule has 0 aliphatic heterocycles. The van der Waals surface area contributed by atoms with E-state index in [1.807, 2.05) is 11.8 Å². The van der Waals surface area contributed by atoms with Crippen molar-refractivity contribution < 1.29 is 5.11 Å². The Balaban J connectivity index is 2.18. The summed E-state index contributed by atoms with van der Waals surface area (Å²) in [5.41, 5.74) is 2.73. The number of aryl methyl sites for hydroxylation is 1. The molecule has 0 heterocycles. The van der Waals surface area contributed by atoms with Crippen molar-refractivity contribution in [2.75, 3.05) is 12.4 Å². The van der Waals surface area contributed by atoms with Gasteiger partial charge in [0.2, 0.25) is 0 Å². The van der Waals surface area contributed by atoms with E-state index in [4.69, 9.17) is 5.11 Å². The summed E-state index contributed by atoms with van der Waals surface area (Å²) in [6.07, 6.45) is 2.05. The zero-order chi connectivity index (χ0) is 10.2. The Bertz CT molecular complexity index is 260. The number of hydrogen-bond acceptors (Lipinski definition) is 2. The SMILES string of the molecule is Cc1cccc(CSCCCCO)c1. The van der Waals surface area contributed by atoms with E-state index in [-0.39, 0.29) is 0 Å². The molecule has 0 amide bonds. The van der Waals surface area contributed by atoms with Crippen LogP contribution in [0.4, 0.5) is 0 Å². The predicted molar refractivity (Wildman–Crippen MR) is 63.7 cm³/mol. The van der Waals surface area contributed by atoms with Gasteiger partial charge in [-0.2, -0.15) is 11.8 Å². The molecule has 1 nitrogen and oxygen atoms in total. The first kappa shape index (κ1) is 11.6. The normalized spacial score (nSPS) is 10.4. The number of aliphatic hydroxyl groups excluding tert-OH is 1. The summed E-state index contributed by atoms with van der Waals surface area (Å²) < 4.78 is 0. The highest BCUT2D eigenvalue weighted by Gasteiger charge is 1.94. The van der Waals surface area contributed by atoms with Crippen LogP contribution in [-0.4, -0.2) is 17.5 Å². The van der Waals surface area contributed by atoms with E-state index < -0.39 is 0 Å². The molecule has 0 aromatic heterocycles. The summed E-state index contributed by atoms with van der Waals surface area (Å²) in [5.74, 6) is 2.24. The molecular weight excluding hydrogens is 192 g/mol. The molecule has 0 saturated carbocycles. The molecule has 1 aromatic rings. The summed E-state index contributed by atoms with van der Waals surface area (Å²) in [6.45, 7) is 2.45. The Morgan fingerprint density at radius 1 is 1.29 bits per heavy atom. The van der Waals surface area contributed by atoms with Crippen LogP contribution in [0.15, 0.2) is 24.3 Å². The first-order chi connectivity index (χ1) is 6.83. The summed E-state index contributed by atoms with van der Waals surface area (Å²) in [7, 11) is 0. The van der Waals surface area contributed by atoms with Crippen LogP contribution in [0.2, 0.25) is 0 Å². The third-order valence-electron chi connectivity index (χ3n) is 2.05. The summed E-state index contributed by atoms with van der Waals surface area (Å²) in [6, 6.07) is 8.64. The highest BCUT2D eigenvalue weighted by molar-refractivity contribution is 7.98. The number of aliphatic hydroxyl groups is 1. The van der Waals surface area contributed by atoms with Crippen LogP contribution < -0.4 is 0 Å². The van der Waals surface area contributed by atoms with E-state index in [1.165, 1.54) is 11.1 Å². The first-order valence-corrected chi connectivity index (χ1v) is 6.22. The van der Waals surface area contributed by atoms with Gasteiger partial charge in [0, 0.05) is 12.4 Å². The van der Waals surface area contributed by atoms with E-state index in [0.29, 0.717) is 6.61 Å². The van der Waals surface area contributed by atoms with Gasteiger partial charge in [0.15, 0.2) is 0 Å². The molecule has 0 bridgehead atoms. The second-order valence-electron chi connectivity index (χ2n) is 3.47. The van der Waals surface area contributed by atoms with E-state index in [1.54, 1.807) is 0 Å². The molecule has 0 aliphatic rings. The van der Waals surface area contributed by atoms with Crippen molar-refractivity contribution in [1.82, 2.24) is 0 Å². The topological polar surface area (TPSA) is 20.2 Å². The summed E-state index contributed by atoms with van der Waals surface area (Å²) in [5, 5.41) is 8.61. The molecule has 1 aromatic carbocycles. The van der Waals surface area contributed by atoms with Crippen molar-refractivity contribution >= 4 is 11.8 Å². The van der Waals surface area contributed by atoms with Crippen LogP contribution in [-0.2, 0) is 5.75 Å². The van der Waals surface area contributed by atoms with Crippen LogP contribution >= 0.6 is 11.8 Å². The van der Waals surface area contributed by atoms with Crippen LogP contribution in [0, 0.1) is 6.92 Å². The number of thioether (sulfide) groups is 1. The first-order valence-electron chi connectivity index (χ1n) is 5.07. The maximum atomic E-state index is 8.61. The summed E-state index contributed by atoms with van der Waals surface area (Å²) >= 11 is 1.94. The lowest BCUT2D eigenvalue weighted by Crippen LogP contribution is -1.87. The Kier molecular flexibility index (Phi) is 5.72. The van der Waals surface area contributed by atoms with Crippen molar-refractivity contribution in [3.05, 3.63) is 35.4 Å². The Morgan fingerprint density at radius 3 is 2.86 bits per heavy atom. The maximum absolute atomic E-state index is 8.61. The standard InChI is InChI=1S/C12H18OS/c1-11-5-4-6-12(9-11)10-14-8-3-2-7-13/h4-6,9,13H,2-3,7-8,10H2,1H3. The molecule has 1 rings (SSSR count). The predicted octanol–water partition coefficient (Wildman–Crippen LogP) is 3.00. The van der Waals surface area contributed by atoms with E-state index in [2.05, 4.69) is 31.2 Å². The fourth-order valence-electron chi connectivity index (χ4n) is 1.31. The Hall–Kier alpha value is -0.470. The Labute approximate surface area is 90.5 Å². The summed E-state index contributed by atoms with van der Waals surface area (Å²) in [4.78, 5) is 0. The second-order valence-corrected chi connectivity index (χ2v) is 4.58. The third-order valence-corrected chi connectivity index (χ3v) is 3.16. The van der Waals surface area contributed by atoms with Gasteiger partial charge < -0.3 is 5.11 Å². The number of unbranched alkanes of at least 4 members (excludes halogenated alkanes) is 1. The lowest BCUT2D eigenvalue weighted by molar-refractivity contribution is 0.287. The monoisotopic (exact) mass is 210 g/mol. The van der Waals surface area contributed by atoms with Crippen molar-refractivity contribution in [3.8, 4) is 0 Å². The number of hydrogen-bond donors (Lipinski definition) is 1. The van der Waals surface area contributed by atoms with E-state index in [0.717, 1.165) is 24.3 Å². The molecule has 1 N–H and O–H groups in total. The molecule has 0 fully saturated rings. The molecule has 0 saturated heterocycles. The highest BCUT2D eigenvalue weighted by atomic mass is 32.2. The van der Waals surface area contributed by atoms with Gasteiger partial charge in [-0.25, -0.2) is 0 Å². The van der Waals surface area contributed by atoms with Gasteiger partial charge in [0.25, 0.3) is 0 Å². The molecule has 14 heavy (non-hydrogen) atoms. The molecule has 0 unspecified atom stereocenters. The lowest BCUT2D eigenvalue weighted by atomic mass is 10.2. The second kappa shape index (κ2) is 6.91. The zero-order valence-electron chi connectivity index (χ0n) is 8.70. The molecular formula is C12H18OS. The highest BCUT2D eigenvalue weighted by Crippen LogP contribution is 2.14. The minimum Gasteiger partial charge on any atom is -0.396 e. The zero-order valence-corrected chi connectivity index (χ0v) is 9.52. The van der Waals surface area contributed by atoms with Crippen molar-refractivity contribution in [2.45, 2.75) is 25.5 Å². The average molecular weight is 210 g/mol. The van der Waals surface area contributed by atoms with Crippen LogP contribution in [0.1, 0.15) is 24.0 Å². The maximum Gasteiger partial charge on any atom is 0.0431 e. The quantitative estimate of drug-likeness (QED) is 0.728. The Morgan fingerprint density at radius 2 is 2.14 bits per heavy atom. The lowest BCUT2D eigenvalue weighted by Gasteiger charge is -2.02. The van der Waals surface area contributed by atoms with E-state index in [9.17, 15) is 0 Å². The molecule has 0 aliphatic carbocycles. The van der Waals surface area contributed by atoms with Gasteiger partial charge in [-0.15, -0.1) is 0 Å². The largest absolute Gasteiger partial charge is 0.396 e. The third kappa shape index (κ3) is 4.68. The van der Waals surface area contributed by atoms with Gasteiger partial charge in [0.1, 0.15) is 0 Å². The minimum absolute atomic E-state index is 0.324. The minimum atomic E-state index is 0.324. The van der Waals surface area contributed by atoms with Crippen molar-refractivity contribution in [1.29, 1.82) is 0 Å². The molecule has 2 heteroatoms. The van der Waals surface area contributed by atoms with Gasteiger partial charge >= 0.3 is 0 Å². The van der Waals surface area contributed by atoms with Gasteiger partial charge in [0.05, 0.1) is 0 Å². The molecule has 0 spiro atoms. The van der Waals surface area contributed by atoms with Crippen molar-refractivity contribution in [3.63, 3.8) is 0 Å². The fraction of sp³-hybridized carbons (Fsp3) is 0.500. The fourth-order valence-corrected chi connectivity index (χ4v) is 2.28. The van der Waals surface area contributed by atoms with Gasteiger partial charge in [-0.05, 0) is 31.1 Å². The smallest absolute Gasteiger partial charge is 0.0431 e. The van der Waals surface area contributed by atoms with Crippen molar-refractivity contribution in [2.24, 2.45) is 0 Å². The van der Waals surface area contributed by atoms with Crippen LogP contribution in [0.5, 0.6) is 0 Å². The average Bonchev–Trinajstić information content (AvgIpc) is 2.18. The molecule has 0 atom stereocenters. The molecule has 0 radical (unpaired) electrons.